The maximum absolute atomic E-state index is 12.7. The van der Waals surface area contributed by atoms with Gasteiger partial charge in [0.25, 0.3) is 0 Å². The van der Waals surface area contributed by atoms with Crippen LogP contribution in [0.3, 0.4) is 0 Å². The molecule has 2 N–H and O–H groups in total. The van der Waals surface area contributed by atoms with E-state index in [0.717, 1.165) is 16.5 Å². The van der Waals surface area contributed by atoms with Gasteiger partial charge < -0.3 is 5.73 Å². The molecule has 1 atom stereocenters. The van der Waals surface area contributed by atoms with Gasteiger partial charge in [0.2, 0.25) is 10.0 Å². The second-order valence-electron chi connectivity index (χ2n) is 5.47. The summed E-state index contributed by atoms with van der Waals surface area (Å²) in [7, 11) is -3.43. The molecule has 4 nitrogen and oxygen atoms in total. The smallest absolute Gasteiger partial charge is 0.243 e. The van der Waals surface area contributed by atoms with Crippen LogP contribution in [0.4, 0.5) is 0 Å². The molecule has 1 fully saturated rings. The molecule has 7 heteroatoms. The molecule has 1 heterocycles. The van der Waals surface area contributed by atoms with Crippen molar-refractivity contribution in [2.45, 2.75) is 25.2 Å². The average molecular weight is 384 g/mol. The lowest BCUT2D eigenvalue weighted by Crippen LogP contribution is -2.34. The zero-order chi connectivity index (χ0) is 14.3. The highest BCUT2D eigenvalue weighted by Crippen LogP contribution is 2.34. The van der Waals surface area contributed by atoms with Gasteiger partial charge >= 0.3 is 0 Å². The molecule has 1 aliphatic heterocycles. The van der Waals surface area contributed by atoms with Gasteiger partial charge in [0, 0.05) is 17.6 Å². The summed E-state index contributed by atoms with van der Waals surface area (Å²) in [4.78, 5) is 0.378. The Morgan fingerprint density at radius 3 is 2.65 bits per heavy atom. The third-order valence-electron chi connectivity index (χ3n) is 3.85. The Morgan fingerprint density at radius 1 is 1.45 bits per heavy atom. The highest BCUT2D eigenvalue weighted by atomic mass is 79.9. The maximum atomic E-state index is 12.7. The number of nitrogens with zero attached hydrogens (tertiary/aromatic N) is 1. The summed E-state index contributed by atoms with van der Waals surface area (Å²) >= 11 is 3.38. The molecule has 0 aromatic heterocycles. The number of hydrogen-bond donors (Lipinski definition) is 1. The fourth-order valence-electron chi connectivity index (χ4n) is 2.36. The van der Waals surface area contributed by atoms with Crippen LogP contribution in [0.1, 0.15) is 18.9 Å². The summed E-state index contributed by atoms with van der Waals surface area (Å²) in [6.45, 7) is 5.40. The average Bonchev–Trinajstić information content (AvgIpc) is 2.77. The van der Waals surface area contributed by atoms with Crippen LogP contribution in [0.5, 0.6) is 0 Å². The number of sulfonamides is 1. The van der Waals surface area contributed by atoms with E-state index in [1.165, 1.54) is 0 Å². The minimum absolute atomic E-state index is 0. The fourth-order valence-corrected chi connectivity index (χ4v) is 4.69. The van der Waals surface area contributed by atoms with E-state index in [2.05, 4.69) is 15.9 Å². The molecule has 1 aromatic carbocycles. The van der Waals surface area contributed by atoms with E-state index >= 15 is 0 Å². The second-order valence-corrected chi connectivity index (χ2v) is 8.23. The molecule has 2 rings (SSSR count). The van der Waals surface area contributed by atoms with Gasteiger partial charge in [-0.25, -0.2) is 8.42 Å². The van der Waals surface area contributed by atoms with Crippen molar-refractivity contribution in [2.24, 2.45) is 11.1 Å². The molecular formula is C13H20BrClN2O2S. The van der Waals surface area contributed by atoms with Gasteiger partial charge in [-0.1, -0.05) is 28.9 Å². The van der Waals surface area contributed by atoms with Gasteiger partial charge in [-0.15, -0.1) is 12.4 Å². The molecule has 0 aliphatic carbocycles. The first-order valence-corrected chi connectivity index (χ1v) is 8.49. The van der Waals surface area contributed by atoms with E-state index in [9.17, 15) is 8.42 Å². The molecule has 0 bridgehead atoms. The Balaban J connectivity index is 0.00000200. The quantitative estimate of drug-likeness (QED) is 0.872. The predicted octanol–water partition coefficient (Wildman–Crippen LogP) is 2.54. The Hall–Kier alpha value is -0.140. The molecule has 114 valence electrons. The topological polar surface area (TPSA) is 63.4 Å². The van der Waals surface area contributed by atoms with Gasteiger partial charge in [-0.05, 0) is 43.0 Å². The van der Waals surface area contributed by atoms with Crippen molar-refractivity contribution in [3.8, 4) is 0 Å². The van der Waals surface area contributed by atoms with Crippen LogP contribution < -0.4 is 5.73 Å². The van der Waals surface area contributed by atoms with E-state index in [4.69, 9.17) is 5.73 Å². The lowest BCUT2D eigenvalue weighted by atomic mass is 9.90. The molecular weight excluding hydrogens is 364 g/mol. The lowest BCUT2D eigenvalue weighted by molar-refractivity contribution is 0.349. The van der Waals surface area contributed by atoms with Crippen molar-refractivity contribution in [1.29, 1.82) is 0 Å². The minimum atomic E-state index is -3.43. The number of benzene rings is 1. The van der Waals surface area contributed by atoms with E-state index in [1.807, 2.05) is 19.9 Å². The minimum Gasteiger partial charge on any atom is -0.330 e. The Morgan fingerprint density at radius 2 is 2.10 bits per heavy atom. The monoisotopic (exact) mass is 382 g/mol. The van der Waals surface area contributed by atoms with Crippen molar-refractivity contribution >= 4 is 38.4 Å². The second kappa shape index (κ2) is 6.32. The molecule has 1 unspecified atom stereocenters. The largest absolute Gasteiger partial charge is 0.330 e. The third-order valence-corrected chi connectivity index (χ3v) is 6.70. The summed E-state index contributed by atoms with van der Waals surface area (Å²) in [5.74, 6) is 0. The van der Waals surface area contributed by atoms with Crippen LogP contribution in [0.15, 0.2) is 27.6 Å². The number of halogens is 2. The van der Waals surface area contributed by atoms with Crippen LogP contribution in [-0.2, 0) is 10.0 Å². The van der Waals surface area contributed by atoms with Gasteiger partial charge in [-0.2, -0.15) is 4.31 Å². The van der Waals surface area contributed by atoms with Gasteiger partial charge in [0.1, 0.15) is 0 Å². The van der Waals surface area contributed by atoms with Gasteiger partial charge in [0.15, 0.2) is 0 Å². The highest BCUT2D eigenvalue weighted by molar-refractivity contribution is 9.10. The van der Waals surface area contributed by atoms with Crippen molar-refractivity contribution in [1.82, 2.24) is 4.31 Å². The van der Waals surface area contributed by atoms with Gasteiger partial charge in [0.05, 0.1) is 4.90 Å². The van der Waals surface area contributed by atoms with Crippen molar-refractivity contribution in [3.63, 3.8) is 0 Å². The van der Waals surface area contributed by atoms with Crippen LogP contribution in [-0.4, -0.2) is 32.4 Å². The van der Waals surface area contributed by atoms with Crippen molar-refractivity contribution < 1.29 is 8.42 Å². The summed E-state index contributed by atoms with van der Waals surface area (Å²) in [5, 5.41) is 0. The zero-order valence-corrected chi connectivity index (χ0v) is 14.8. The standard InChI is InChI=1S/C13H19BrN2O2S.ClH/c1-10-11(14)4-3-5-12(10)19(17,18)16-7-6-13(2,8-15)9-16;/h3-5H,6-9,15H2,1-2H3;1H. The fraction of sp³-hybridized carbons (Fsp3) is 0.538. The molecule has 1 saturated heterocycles. The molecule has 1 aliphatic rings. The predicted molar refractivity (Wildman–Crippen MR) is 86.7 cm³/mol. The van der Waals surface area contributed by atoms with Crippen LogP contribution in [0, 0.1) is 12.3 Å². The van der Waals surface area contributed by atoms with E-state index in [-0.39, 0.29) is 17.8 Å². The normalized spacial score (nSPS) is 23.6. The summed E-state index contributed by atoms with van der Waals surface area (Å²) in [6.07, 6.45) is 0.815. The highest BCUT2D eigenvalue weighted by Gasteiger charge is 2.39. The molecule has 20 heavy (non-hydrogen) atoms. The van der Waals surface area contributed by atoms with Crippen LogP contribution in [0.25, 0.3) is 0 Å². The van der Waals surface area contributed by atoms with E-state index in [0.29, 0.717) is 24.5 Å². The molecule has 0 radical (unpaired) electrons. The first-order valence-electron chi connectivity index (χ1n) is 6.25. The molecule has 1 aromatic rings. The number of rotatable bonds is 3. The molecule has 0 amide bonds. The van der Waals surface area contributed by atoms with E-state index in [1.54, 1.807) is 16.4 Å². The van der Waals surface area contributed by atoms with Crippen molar-refractivity contribution in [2.75, 3.05) is 19.6 Å². The SMILES string of the molecule is Cc1c(Br)cccc1S(=O)(=O)N1CCC(C)(CN)C1.Cl. The molecule has 0 saturated carbocycles. The Kier molecular flexibility index (Phi) is 5.66. The zero-order valence-electron chi connectivity index (χ0n) is 11.6. The number of hydrogen-bond acceptors (Lipinski definition) is 3. The Labute approximate surface area is 135 Å². The maximum Gasteiger partial charge on any atom is 0.243 e. The first-order chi connectivity index (χ1) is 8.80. The van der Waals surface area contributed by atoms with Gasteiger partial charge in [-0.3, -0.25) is 0 Å². The third kappa shape index (κ3) is 3.20. The first kappa shape index (κ1) is 17.9. The molecule has 0 spiro atoms. The van der Waals surface area contributed by atoms with Crippen molar-refractivity contribution in [3.05, 3.63) is 28.2 Å². The van der Waals surface area contributed by atoms with Crippen LogP contribution in [0.2, 0.25) is 0 Å². The lowest BCUT2D eigenvalue weighted by Gasteiger charge is -2.23. The van der Waals surface area contributed by atoms with E-state index < -0.39 is 10.0 Å². The summed E-state index contributed by atoms with van der Waals surface area (Å²) in [5.41, 5.74) is 6.39. The summed E-state index contributed by atoms with van der Waals surface area (Å²) < 4.78 is 27.7. The summed E-state index contributed by atoms with van der Waals surface area (Å²) in [6, 6.07) is 5.26. The van der Waals surface area contributed by atoms with Crippen LogP contribution >= 0.6 is 28.3 Å². The Bertz CT molecular complexity index is 594. The number of nitrogens with two attached hydrogens (primary N) is 1.